The van der Waals surface area contributed by atoms with Crippen LogP contribution in [0.15, 0.2) is 24.7 Å². The molecule has 1 saturated heterocycles. The van der Waals surface area contributed by atoms with Gasteiger partial charge in [0.25, 0.3) is 0 Å². The summed E-state index contributed by atoms with van der Waals surface area (Å²) in [6.45, 7) is 6.06. The molecule has 5 heterocycles. The fraction of sp³-hybridized carbons (Fsp3) is 0.409. The molecular formula is C22H25FN6O. The second kappa shape index (κ2) is 7.36. The molecule has 1 aliphatic heterocycles. The molecule has 8 heteroatoms. The van der Waals surface area contributed by atoms with Gasteiger partial charge in [-0.15, -0.1) is 0 Å². The number of halogens is 1. The average molecular weight is 408 g/mol. The number of hydrogen-bond donors (Lipinski definition) is 2. The summed E-state index contributed by atoms with van der Waals surface area (Å²) >= 11 is 0. The van der Waals surface area contributed by atoms with E-state index in [1.165, 1.54) is 6.33 Å². The number of nitrogens with zero attached hydrogens (tertiary/aromatic N) is 4. The van der Waals surface area contributed by atoms with Crippen LogP contribution in [0.1, 0.15) is 49.8 Å². The smallest absolute Gasteiger partial charge is 0.197 e. The summed E-state index contributed by atoms with van der Waals surface area (Å²) in [5.74, 6) is 0.750. The maximum atomic E-state index is 15.0. The van der Waals surface area contributed by atoms with Gasteiger partial charge in [0.2, 0.25) is 0 Å². The molecule has 0 aliphatic carbocycles. The fourth-order valence-corrected chi connectivity index (χ4v) is 4.48. The van der Waals surface area contributed by atoms with Crippen molar-refractivity contribution >= 4 is 16.7 Å². The molecule has 30 heavy (non-hydrogen) atoms. The molecule has 0 aromatic carbocycles. The van der Waals surface area contributed by atoms with Crippen LogP contribution in [0.4, 0.5) is 4.39 Å². The van der Waals surface area contributed by atoms with E-state index in [0.29, 0.717) is 22.6 Å². The first-order valence-corrected chi connectivity index (χ1v) is 10.4. The van der Waals surface area contributed by atoms with Crippen molar-refractivity contribution in [1.82, 2.24) is 29.9 Å². The molecule has 0 saturated carbocycles. The second-order valence-electron chi connectivity index (χ2n) is 8.17. The summed E-state index contributed by atoms with van der Waals surface area (Å²) in [7, 11) is 1.62. The highest BCUT2D eigenvalue weighted by molar-refractivity contribution is 5.89. The number of methoxy groups -OCH3 is 1. The van der Waals surface area contributed by atoms with Gasteiger partial charge in [-0.1, -0.05) is 13.8 Å². The van der Waals surface area contributed by atoms with E-state index in [4.69, 9.17) is 9.72 Å². The van der Waals surface area contributed by atoms with Gasteiger partial charge in [-0.05, 0) is 37.9 Å². The lowest BCUT2D eigenvalue weighted by Gasteiger charge is -2.22. The Labute approximate surface area is 173 Å². The van der Waals surface area contributed by atoms with E-state index >= 15 is 0 Å². The molecule has 0 unspecified atom stereocenters. The summed E-state index contributed by atoms with van der Waals surface area (Å²) in [5, 5.41) is 7.60. The topological polar surface area (TPSA) is 80.1 Å². The lowest BCUT2D eigenvalue weighted by atomic mass is 9.93. The summed E-state index contributed by atoms with van der Waals surface area (Å²) in [5.41, 5.74) is 5.66. The number of aromatic nitrogens is 5. The van der Waals surface area contributed by atoms with Crippen LogP contribution in [0.2, 0.25) is 0 Å². The maximum absolute atomic E-state index is 15.0. The van der Waals surface area contributed by atoms with Gasteiger partial charge in [-0.3, -0.25) is 0 Å². The van der Waals surface area contributed by atoms with E-state index < -0.39 is 0 Å². The monoisotopic (exact) mass is 408 g/mol. The highest BCUT2D eigenvalue weighted by Crippen LogP contribution is 2.38. The van der Waals surface area contributed by atoms with Gasteiger partial charge in [-0.25, -0.2) is 18.9 Å². The Morgan fingerprint density at radius 3 is 2.77 bits per heavy atom. The van der Waals surface area contributed by atoms with Crippen LogP contribution in [-0.4, -0.2) is 44.8 Å². The number of aromatic amines is 1. The number of rotatable bonds is 4. The maximum Gasteiger partial charge on any atom is 0.197 e. The quantitative estimate of drug-likeness (QED) is 0.533. The second-order valence-corrected chi connectivity index (χ2v) is 8.17. The fourth-order valence-electron chi connectivity index (χ4n) is 4.48. The number of ether oxygens (including phenoxy) is 1. The van der Waals surface area contributed by atoms with Crippen molar-refractivity contribution in [3.8, 4) is 17.0 Å². The first-order valence-electron chi connectivity index (χ1n) is 10.4. The van der Waals surface area contributed by atoms with Gasteiger partial charge in [0.15, 0.2) is 11.4 Å². The van der Waals surface area contributed by atoms with Crippen molar-refractivity contribution in [2.75, 3.05) is 20.2 Å². The molecule has 0 radical (unpaired) electrons. The van der Waals surface area contributed by atoms with E-state index in [9.17, 15) is 4.39 Å². The predicted octanol–water partition coefficient (Wildman–Crippen LogP) is 4.01. The predicted molar refractivity (Wildman–Crippen MR) is 114 cm³/mol. The normalized spacial score (nSPS) is 15.5. The van der Waals surface area contributed by atoms with E-state index in [-0.39, 0.29) is 17.7 Å². The molecule has 156 valence electrons. The molecule has 4 aromatic rings. The number of pyridine rings is 2. The third kappa shape index (κ3) is 3.02. The Bertz CT molecular complexity index is 1220. The molecule has 0 amide bonds. The Hall–Kier alpha value is -3.00. The van der Waals surface area contributed by atoms with Crippen molar-refractivity contribution in [1.29, 1.82) is 0 Å². The third-order valence-electron chi connectivity index (χ3n) is 5.94. The molecule has 0 bridgehead atoms. The Morgan fingerprint density at radius 2 is 2.03 bits per heavy atom. The zero-order chi connectivity index (χ0) is 20.8. The Morgan fingerprint density at radius 1 is 1.23 bits per heavy atom. The molecule has 0 spiro atoms. The number of nitrogens with one attached hydrogen (secondary N) is 2. The average Bonchev–Trinajstić information content (AvgIpc) is 3.37. The summed E-state index contributed by atoms with van der Waals surface area (Å²) in [6, 6.07) is 3.53. The van der Waals surface area contributed by atoms with Gasteiger partial charge in [0, 0.05) is 29.3 Å². The molecule has 4 aromatic heterocycles. The van der Waals surface area contributed by atoms with Gasteiger partial charge < -0.3 is 15.0 Å². The molecular weight excluding hydrogens is 383 g/mol. The lowest BCUT2D eigenvalue weighted by molar-refractivity contribution is 0.416. The van der Waals surface area contributed by atoms with Gasteiger partial charge in [0.1, 0.15) is 12.1 Å². The van der Waals surface area contributed by atoms with Crippen molar-refractivity contribution in [3.05, 3.63) is 41.7 Å². The lowest BCUT2D eigenvalue weighted by Crippen LogP contribution is -2.27. The molecule has 5 rings (SSSR count). The minimum atomic E-state index is -0.234. The first kappa shape index (κ1) is 19.0. The summed E-state index contributed by atoms with van der Waals surface area (Å²) in [4.78, 5) is 12.5. The van der Waals surface area contributed by atoms with E-state index in [2.05, 4.69) is 34.2 Å². The number of hydrogen-bond acceptors (Lipinski definition) is 5. The standard InChI is InChI=1S/C22H25FN6O/c1-12(2)18-20(14-8-17(30-3)22-25-11-26-29(22)10-14)27-16-9-15(23)19(28-21(16)18)13-4-6-24-7-5-13/h8-13,24,27H,4-7H2,1-3H3. The molecule has 7 nitrogen and oxygen atoms in total. The molecule has 1 aliphatic rings. The van der Waals surface area contributed by atoms with Crippen LogP contribution >= 0.6 is 0 Å². The largest absolute Gasteiger partial charge is 0.493 e. The Balaban J connectivity index is 1.72. The molecule has 1 fully saturated rings. The zero-order valence-electron chi connectivity index (χ0n) is 17.4. The van der Waals surface area contributed by atoms with Crippen LogP contribution in [0, 0.1) is 5.82 Å². The van der Waals surface area contributed by atoms with Crippen LogP contribution in [0.3, 0.4) is 0 Å². The van der Waals surface area contributed by atoms with E-state index in [1.807, 2.05) is 12.3 Å². The highest BCUT2D eigenvalue weighted by Gasteiger charge is 2.25. The summed E-state index contributed by atoms with van der Waals surface area (Å²) < 4.78 is 22.2. The SMILES string of the molecule is COc1cc(-c2[nH]c3cc(F)c(C4CCNCC4)nc3c2C(C)C)cn2ncnc12. The van der Waals surface area contributed by atoms with Crippen LogP contribution in [0.25, 0.3) is 27.9 Å². The first-order chi connectivity index (χ1) is 14.6. The molecule has 0 atom stereocenters. The van der Waals surface area contributed by atoms with Gasteiger partial charge in [-0.2, -0.15) is 5.10 Å². The number of fused-ring (bicyclic) bond motifs is 2. The zero-order valence-corrected chi connectivity index (χ0v) is 17.4. The highest BCUT2D eigenvalue weighted by atomic mass is 19.1. The van der Waals surface area contributed by atoms with E-state index in [0.717, 1.165) is 48.3 Å². The minimum Gasteiger partial charge on any atom is -0.493 e. The molecule has 2 N–H and O–H groups in total. The number of H-pyrrole nitrogens is 1. The van der Waals surface area contributed by atoms with Crippen molar-refractivity contribution < 1.29 is 9.13 Å². The van der Waals surface area contributed by atoms with Crippen molar-refractivity contribution in [3.63, 3.8) is 0 Å². The van der Waals surface area contributed by atoms with Crippen molar-refractivity contribution in [2.45, 2.75) is 38.5 Å². The van der Waals surface area contributed by atoms with Crippen LogP contribution in [0.5, 0.6) is 5.75 Å². The Kier molecular flexibility index (Phi) is 4.66. The third-order valence-corrected chi connectivity index (χ3v) is 5.94. The van der Waals surface area contributed by atoms with Gasteiger partial charge >= 0.3 is 0 Å². The van der Waals surface area contributed by atoms with Crippen LogP contribution in [-0.2, 0) is 0 Å². The summed E-state index contributed by atoms with van der Waals surface area (Å²) in [6.07, 6.45) is 5.22. The number of piperidine rings is 1. The minimum absolute atomic E-state index is 0.153. The van der Waals surface area contributed by atoms with Gasteiger partial charge in [0.05, 0.1) is 29.5 Å². The van der Waals surface area contributed by atoms with Crippen LogP contribution < -0.4 is 10.1 Å². The van der Waals surface area contributed by atoms with E-state index in [1.54, 1.807) is 17.7 Å². The van der Waals surface area contributed by atoms with Crippen molar-refractivity contribution in [2.24, 2.45) is 0 Å².